The topological polar surface area (TPSA) is 63.5 Å². The molecule has 0 spiro atoms. The minimum absolute atomic E-state index is 0.0659. The third-order valence-corrected chi connectivity index (χ3v) is 6.54. The standard InChI is InChI=1S/C26H31N5O2/c32-26(22-10-7-11-23(18-22)33-20-21-8-3-1-4-9-21)30-16-14-29(15-17-30)19-25-28-27-24-12-5-2-6-13-31(24)25/h1,3-4,7-11,18H,2,5-6,12-17,19-20H2. The number of fused-ring (bicyclic) bond motifs is 1. The van der Waals surface area contributed by atoms with Crippen LogP contribution < -0.4 is 4.74 Å². The zero-order chi connectivity index (χ0) is 22.5. The van der Waals surface area contributed by atoms with Crippen molar-refractivity contribution in [3.8, 4) is 5.75 Å². The van der Waals surface area contributed by atoms with E-state index >= 15 is 0 Å². The third-order valence-electron chi connectivity index (χ3n) is 6.54. The fourth-order valence-corrected chi connectivity index (χ4v) is 4.61. The van der Waals surface area contributed by atoms with Gasteiger partial charge in [0.25, 0.3) is 5.91 Å². The molecule has 2 aromatic carbocycles. The number of carbonyl (C=O) groups is 1. The first-order valence-electron chi connectivity index (χ1n) is 12.0. The average Bonchev–Trinajstić information content (AvgIpc) is 3.08. The second-order valence-corrected chi connectivity index (χ2v) is 8.87. The minimum Gasteiger partial charge on any atom is -0.489 e. The molecule has 1 saturated heterocycles. The first kappa shape index (κ1) is 21.6. The summed E-state index contributed by atoms with van der Waals surface area (Å²) in [5.41, 5.74) is 1.78. The van der Waals surface area contributed by atoms with Gasteiger partial charge in [-0.1, -0.05) is 42.8 Å². The van der Waals surface area contributed by atoms with Gasteiger partial charge in [0.1, 0.15) is 24.0 Å². The van der Waals surface area contributed by atoms with Gasteiger partial charge in [-0.15, -0.1) is 10.2 Å². The zero-order valence-electron chi connectivity index (χ0n) is 19.0. The summed E-state index contributed by atoms with van der Waals surface area (Å²) in [7, 11) is 0. The fraction of sp³-hybridized carbons (Fsp3) is 0.423. The molecule has 172 valence electrons. The maximum absolute atomic E-state index is 13.1. The van der Waals surface area contributed by atoms with E-state index in [0.717, 1.165) is 68.7 Å². The minimum atomic E-state index is 0.0659. The lowest BCUT2D eigenvalue weighted by atomic mass is 10.1. The summed E-state index contributed by atoms with van der Waals surface area (Å²) in [6.45, 7) is 5.44. The van der Waals surface area contributed by atoms with Gasteiger partial charge in [-0.25, -0.2) is 0 Å². The molecule has 1 aromatic heterocycles. The molecule has 2 aliphatic heterocycles. The number of nitrogens with zero attached hydrogens (tertiary/aromatic N) is 5. The molecule has 0 atom stereocenters. The number of hydrogen-bond donors (Lipinski definition) is 0. The summed E-state index contributed by atoms with van der Waals surface area (Å²) in [6, 6.07) is 17.6. The molecular formula is C26H31N5O2. The van der Waals surface area contributed by atoms with E-state index in [-0.39, 0.29) is 5.91 Å². The Bertz CT molecular complexity index is 1070. The highest BCUT2D eigenvalue weighted by Crippen LogP contribution is 2.19. The number of aryl methyl sites for hydroxylation is 1. The predicted molar refractivity (Wildman–Crippen MR) is 126 cm³/mol. The number of benzene rings is 2. The van der Waals surface area contributed by atoms with Gasteiger partial charge in [0.15, 0.2) is 0 Å². The third kappa shape index (κ3) is 5.25. The number of hydrogen-bond acceptors (Lipinski definition) is 5. The summed E-state index contributed by atoms with van der Waals surface area (Å²) in [5.74, 6) is 2.98. The van der Waals surface area contributed by atoms with Crippen LogP contribution in [0.25, 0.3) is 0 Å². The second-order valence-electron chi connectivity index (χ2n) is 8.87. The van der Waals surface area contributed by atoms with Crippen molar-refractivity contribution in [1.82, 2.24) is 24.6 Å². The molecule has 0 radical (unpaired) electrons. The zero-order valence-corrected chi connectivity index (χ0v) is 19.0. The predicted octanol–water partition coefficient (Wildman–Crippen LogP) is 3.54. The van der Waals surface area contributed by atoms with Crippen LogP contribution in [0.15, 0.2) is 54.6 Å². The summed E-state index contributed by atoms with van der Waals surface area (Å²) < 4.78 is 8.22. The summed E-state index contributed by atoms with van der Waals surface area (Å²) in [4.78, 5) is 17.4. The van der Waals surface area contributed by atoms with Gasteiger partial charge in [-0.2, -0.15) is 0 Å². The average molecular weight is 446 g/mol. The first-order chi connectivity index (χ1) is 16.3. The van der Waals surface area contributed by atoms with E-state index in [1.165, 1.54) is 19.3 Å². The molecule has 3 heterocycles. The van der Waals surface area contributed by atoms with Crippen LogP contribution >= 0.6 is 0 Å². The van der Waals surface area contributed by atoms with Crippen molar-refractivity contribution in [2.75, 3.05) is 26.2 Å². The molecule has 7 heteroatoms. The second kappa shape index (κ2) is 10.2. The van der Waals surface area contributed by atoms with E-state index < -0.39 is 0 Å². The fourth-order valence-electron chi connectivity index (χ4n) is 4.61. The van der Waals surface area contributed by atoms with Crippen molar-refractivity contribution in [2.45, 2.75) is 45.4 Å². The molecule has 5 rings (SSSR count). The highest BCUT2D eigenvalue weighted by Gasteiger charge is 2.24. The molecular weight excluding hydrogens is 414 g/mol. The first-order valence-corrected chi connectivity index (χ1v) is 12.0. The van der Waals surface area contributed by atoms with Gasteiger partial charge in [0.05, 0.1) is 6.54 Å². The molecule has 2 aliphatic rings. The van der Waals surface area contributed by atoms with Crippen LogP contribution in [0, 0.1) is 0 Å². The number of ether oxygens (including phenoxy) is 1. The molecule has 0 saturated carbocycles. The van der Waals surface area contributed by atoms with Gasteiger partial charge in [0.2, 0.25) is 0 Å². The number of carbonyl (C=O) groups excluding carboxylic acids is 1. The van der Waals surface area contributed by atoms with Crippen LogP contribution in [0.2, 0.25) is 0 Å². The Morgan fingerprint density at radius 3 is 2.58 bits per heavy atom. The summed E-state index contributed by atoms with van der Waals surface area (Å²) in [5, 5.41) is 8.88. The van der Waals surface area contributed by atoms with Crippen LogP contribution in [0.3, 0.4) is 0 Å². The highest BCUT2D eigenvalue weighted by molar-refractivity contribution is 5.94. The molecule has 7 nitrogen and oxygen atoms in total. The van der Waals surface area contributed by atoms with Crippen LogP contribution in [0.4, 0.5) is 0 Å². The smallest absolute Gasteiger partial charge is 0.254 e. The maximum Gasteiger partial charge on any atom is 0.254 e. The van der Waals surface area contributed by atoms with Crippen molar-refractivity contribution in [3.63, 3.8) is 0 Å². The SMILES string of the molecule is O=C(c1cccc(OCc2ccccc2)c1)N1CCN(Cc2nnc3n2CCCCC3)CC1. The van der Waals surface area contributed by atoms with E-state index in [9.17, 15) is 4.79 Å². The molecule has 0 bridgehead atoms. The van der Waals surface area contributed by atoms with E-state index in [4.69, 9.17) is 4.74 Å². The number of piperazine rings is 1. The van der Waals surface area contributed by atoms with Gasteiger partial charge < -0.3 is 14.2 Å². The molecule has 0 unspecified atom stereocenters. The summed E-state index contributed by atoms with van der Waals surface area (Å²) >= 11 is 0. The highest BCUT2D eigenvalue weighted by atomic mass is 16.5. The van der Waals surface area contributed by atoms with Crippen molar-refractivity contribution in [2.24, 2.45) is 0 Å². The number of amides is 1. The Morgan fingerprint density at radius 1 is 0.879 bits per heavy atom. The quantitative estimate of drug-likeness (QED) is 0.581. The van der Waals surface area contributed by atoms with E-state index in [1.54, 1.807) is 0 Å². The van der Waals surface area contributed by atoms with Gasteiger partial charge in [-0.05, 0) is 36.6 Å². The van der Waals surface area contributed by atoms with Crippen molar-refractivity contribution >= 4 is 5.91 Å². The molecule has 0 N–H and O–H groups in total. The maximum atomic E-state index is 13.1. The molecule has 1 fully saturated rings. The lowest BCUT2D eigenvalue weighted by molar-refractivity contribution is 0.0623. The molecule has 3 aromatic rings. The van der Waals surface area contributed by atoms with Crippen molar-refractivity contribution < 1.29 is 9.53 Å². The van der Waals surface area contributed by atoms with E-state index in [1.807, 2.05) is 59.5 Å². The number of aromatic nitrogens is 3. The van der Waals surface area contributed by atoms with Crippen LogP contribution in [0.1, 0.15) is 46.8 Å². The molecule has 1 amide bonds. The van der Waals surface area contributed by atoms with Crippen LogP contribution in [-0.4, -0.2) is 56.7 Å². The Labute approximate surface area is 195 Å². The largest absolute Gasteiger partial charge is 0.489 e. The molecule has 33 heavy (non-hydrogen) atoms. The monoisotopic (exact) mass is 445 g/mol. The van der Waals surface area contributed by atoms with Crippen LogP contribution in [-0.2, 0) is 26.1 Å². The molecule has 0 aliphatic carbocycles. The van der Waals surface area contributed by atoms with Crippen LogP contribution in [0.5, 0.6) is 5.75 Å². The van der Waals surface area contributed by atoms with Gasteiger partial charge >= 0.3 is 0 Å². The Kier molecular flexibility index (Phi) is 6.67. The van der Waals surface area contributed by atoms with Crippen molar-refractivity contribution in [1.29, 1.82) is 0 Å². The lowest BCUT2D eigenvalue weighted by Crippen LogP contribution is -2.48. The number of rotatable bonds is 6. The van der Waals surface area contributed by atoms with Gasteiger partial charge in [0, 0.05) is 44.7 Å². The van der Waals surface area contributed by atoms with Crippen molar-refractivity contribution in [3.05, 3.63) is 77.4 Å². The van der Waals surface area contributed by atoms with Gasteiger partial charge in [-0.3, -0.25) is 9.69 Å². The Hall–Kier alpha value is -3.19. The lowest BCUT2D eigenvalue weighted by Gasteiger charge is -2.34. The summed E-state index contributed by atoms with van der Waals surface area (Å²) in [6.07, 6.45) is 4.71. The van der Waals surface area contributed by atoms with E-state index in [0.29, 0.717) is 12.2 Å². The Balaban J connectivity index is 1.15. The Morgan fingerprint density at radius 2 is 1.73 bits per heavy atom. The van der Waals surface area contributed by atoms with E-state index in [2.05, 4.69) is 19.7 Å². The normalized spacial score (nSPS) is 16.8.